The van der Waals surface area contributed by atoms with Gasteiger partial charge in [-0.15, -0.1) is 0 Å². The summed E-state index contributed by atoms with van der Waals surface area (Å²) in [6.07, 6.45) is 8.54. The maximum Gasteiger partial charge on any atom is 0.332 e. The minimum atomic E-state index is -0.438. The summed E-state index contributed by atoms with van der Waals surface area (Å²) in [4.78, 5) is 45.7. The summed E-state index contributed by atoms with van der Waals surface area (Å²) in [6.45, 7) is 0.532. The van der Waals surface area contributed by atoms with E-state index >= 15 is 0 Å². The summed E-state index contributed by atoms with van der Waals surface area (Å²) in [5.41, 5.74) is 0.612. The van der Waals surface area contributed by atoms with Crippen LogP contribution in [-0.2, 0) is 32.0 Å². The molecule has 0 atom stereocenters. The third kappa shape index (κ3) is 3.64. The molecule has 3 aromatic rings. The first-order valence-electron chi connectivity index (χ1n) is 12.4. The van der Waals surface area contributed by atoms with Gasteiger partial charge in [0.1, 0.15) is 6.54 Å². The molecule has 2 heterocycles. The summed E-state index contributed by atoms with van der Waals surface area (Å²) in [7, 11) is 3.04. The Balaban J connectivity index is 1.39. The van der Waals surface area contributed by atoms with E-state index in [0.29, 0.717) is 35.0 Å². The highest BCUT2D eigenvalue weighted by molar-refractivity contribution is 6.30. The van der Waals surface area contributed by atoms with Crippen LogP contribution < -0.4 is 11.2 Å². The van der Waals surface area contributed by atoms with Gasteiger partial charge in [-0.25, -0.2) is 9.78 Å². The lowest BCUT2D eigenvalue weighted by Crippen LogP contribution is -2.61. The third-order valence-corrected chi connectivity index (χ3v) is 8.91. The van der Waals surface area contributed by atoms with Crippen molar-refractivity contribution >= 4 is 28.7 Å². The molecular weight excluding hydrogens is 466 g/mol. The number of aromatic nitrogens is 4. The number of hydrogen-bond donors (Lipinski definition) is 0. The molecule has 4 saturated carbocycles. The molecule has 7 rings (SSSR count). The van der Waals surface area contributed by atoms with Crippen LogP contribution in [-0.4, -0.2) is 35.0 Å². The monoisotopic (exact) mass is 495 g/mol. The number of carbonyl (C=O) groups is 1. The van der Waals surface area contributed by atoms with Gasteiger partial charge in [-0.2, -0.15) is 0 Å². The molecule has 4 aliphatic rings. The predicted molar refractivity (Wildman–Crippen MR) is 133 cm³/mol. The molecule has 0 N–H and O–H groups in total. The van der Waals surface area contributed by atoms with E-state index < -0.39 is 11.2 Å². The molecule has 0 radical (unpaired) electrons. The van der Waals surface area contributed by atoms with Gasteiger partial charge in [0.2, 0.25) is 5.91 Å². The maximum atomic E-state index is 14.1. The van der Waals surface area contributed by atoms with E-state index in [0.717, 1.165) is 29.4 Å². The summed E-state index contributed by atoms with van der Waals surface area (Å²) in [6, 6.07) is 7.71. The molecule has 1 amide bonds. The fourth-order valence-corrected chi connectivity index (χ4v) is 7.56. The van der Waals surface area contributed by atoms with Crippen LogP contribution in [0.4, 0.5) is 0 Å². The van der Waals surface area contributed by atoms with Crippen molar-refractivity contribution in [1.29, 1.82) is 0 Å². The second kappa shape index (κ2) is 8.08. The highest BCUT2D eigenvalue weighted by Crippen LogP contribution is 2.58. The zero-order valence-electron chi connectivity index (χ0n) is 20.1. The number of hydrogen-bond acceptors (Lipinski definition) is 4. The number of carbonyl (C=O) groups excluding carboxylic acids is 1. The Morgan fingerprint density at radius 2 is 1.63 bits per heavy atom. The van der Waals surface area contributed by atoms with Crippen LogP contribution in [0, 0.1) is 17.8 Å². The van der Waals surface area contributed by atoms with Crippen LogP contribution in [0.5, 0.6) is 0 Å². The lowest BCUT2D eigenvalue weighted by Gasteiger charge is -2.60. The van der Waals surface area contributed by atoms with Gasteiger partial charge in [0, 0.05) is 31.2 Å². The highest BCUT2D eigenvalue weighted by atomic mass is 35.5. The number of rotatable bonds is 5. The highest BCUT2D eigenvalue weighted by Gasteiger charge is 2.54. The third-order valence-electron chi connectivity index (χ3n) is 8.66. The van der Waals surface area contributed by atoms with Gasteiger partial charge >= 0.3 is 5.69 Å². The standard InChI is InChI=1S/C26H30ClN5O3/c1-29-23-22(24(34)30(2)25(29)35)31(15-28-23)14-21(33)32(13-16-3-5-20(27)6-4-16)26-10-17-7-18(11-26)9-19(8-17)12-26/h3-6,15,17-19H,7-14H2,1-2H3. The molecule has 2 aromatic heterocycles. The number of aryl methyl sites for hydroxylation is 1. The molecule has 9 heteroatoms. The first-order valence-corrected chi connectivity index (χ1v) is 12.8. The molecule has 4 bridgehead atoms. The SMILES string of the molecule is Cn1c(=O)c2c(ncn2CC(=O)N(Cc2ccc(Cl)cc2)C23CC4CC(CC(C4)C2)C3)n(C)c1=O. The molecular formula is C26H30ClN5O3. The van der Waals surface area contributed by atoms with Crippen LogP contribution in [0.2, 0.25) is 5.02 Å². The van der Waals surface area contributed by atoms with E-state index in [1.807, 2.05) is 24.3 Å². The number of amides is 1. The molecule has 0 spiro atoms. The molecule has 35 heavy (non-hydrogen) atoms. The lowest BCUT2D eigenvalue weighted by atomic mass is 9.52. The second-order valence-electron chi connectivity index (χ2n) is 11.0. The Morgan fingerprint density at radius 3 is 2.23 bits per heavy atom. The molecule has 4 aliphatic carbocycles. The summed E-state index contributed by atoms with van der Waals surface area (Å²) < 4.78 is 4.02. The van der Waals surface area contributed by atoms with Gasteiger partial charge in [0.05, 0.1) is 6.33 Å². The van der Waals surface area contributed by atoms with Gasteiger partial charge in [0.25, 0.3) is 5.56 Å². The van der Waals surface area contributed by atoms with E-state index in [1.165, 1.54) is 37.2 Å². The average molecular weight is 496 g/mol. The zero-order chi connectivity index (χ0) is 24.5. The quantitative estimate of drug-likeness (QED) is 0.544. The van der Waals surface area contributed by atoms with Crippen molar-refractivity contribution in [3.8, 4) is 0 Å². The summed E-state index contributed by atoms with van der Waals surface area (Å²) in [5.74, 6) is 2.06. The molecule has 1 aromatic carbocycles. The zero-order valence-corrected chi connectivity index (χ0v) is 20.9. The summed E-state index contributed by atoms with van der Waals surface area (Å²) in [5, 5.41) is 0.674. The fraction of sp³-hybridized carbons (Fsp3) is 0.538. The van der Waals surface area contributed by atoms with Crippen molar-refractivity contribution in [3.05, 3.63) is 62.0 Å². The lowest BCUT2D eigenvalue weighted by molar-refractivity contribution is -0.153. The maximum absolute atomic E-state index is 14.1. The van der Waals surface area contributed by atoms with Gasteiger partial charge in [-0.1, -0.05) is 23.7 Å². The number of benzene rings is 1. The van der Waals surface area contributed by atoms with Crippen molar-refractivity contribution in [2.45, 2.75) is 57.2 Å². The van der Waals surface area contributed by atoms with Gasteiger partial charge in [-0.3, -0.25) is 18.7 Å². The Hall–Kier alpha value is -2.87. The number of fused-ring (bicyclic) bond motifs is 1. The molecule has 0 unspecified atom stereocenters. The van der Waals surface area contributed by atoms with Crippen molar-refractivity contribution in [3.63, 3.8) is 0 Å². The molecule has 184 valence electrons. The Kier molecular flexibility index (Phi) is 5.22. The Labute approximate surface area is 208 Å². The van der Waals surface area contributed by atoms with Crippen molar-refractivity contribution < 1.29 is 4.79 Å². The van der Waals surface area contributed by atoms with E-state index in [9.17, 15) is 14.4 Å². The Bertz CT molecular complexity index is 1400. The van der Waals surface area contributed by atoms with E-state index in [2.05, 4.69) is 9.88 Å². The average Bonchev–Trinajstić information content (AvgIpc) is 3.23. The molecule has 0 saturated heterocycles. The number of imidazole rings is 1. The van der Waals surface area contributed by atoms with Crippen LogP contribution in [0.15, 0.2) is 40.2 Å². The first-order chi connectivity index (χ1) is 16.7. The molecule has 4 fully saturated rings. The normalized spacial score (nSPS) is 27.0. The predicted octanol–water partition coefficient (Wildman–Crippen LogP) is 3.08. The summed E-state index contributed by atoms with van der Waals surface area (Å²) >= 11 is 6.12. The molecule has 8 nitrogen and oxygen atoms in total. The fourth-order valence-electron chi connectivity index (χ4n) is 7.44. The van der Waals surface area contributed by atoms with Crippen molar-refractivity contribution in [2.24, 2.45) is 31.8 Å². The van der Waals surface area contributed by atoms with Crippen LogP contribution in [0.1, 0.15) is 44.1 Å². The molecule has 0 aliphatic heterocycles. The minimum absolute atomic E-state index is 0.0132. The van der Waals surface area contributed by atoms with Gasteiger partial charge in [-0.05, 0) is 74.0 Å². The number of nitrogens with zero attached hydrogens (tertiary/aromatic N) is 5. The van der Waals surface area contributed by atoms with Crippen LogP contribution in [0.3, 0.4) is 0 Å². The Morgan fingerprint density at radius 1 is 1.03 bits per heavy atom. The van der Waals surface area contributed by atoms with Crippen LogP contribution >= 0.6 is 11.6 Å². The van der Waals surface area contributed by atoms with E-state index in [-0.39, 0.29) is 23.5 Å². The van der Waals surface area contributed by atoms with Crippen LogP contribution in [0.25, 0.3) is 11.2 Å². The van der Waals surface area contributed by atoms with Crippen molar-refractivity contribution in [2.75, 3.05) is 0 Å². The first kappa shape index (κ1) is 22.6. The van der Waals surface area contributed by atoms with Crippen molar-refractivity contribution in [1.82, 2.24) is 23.6 Å². The largest absolute Gasteiger partial charge is 0.332 e. The van der Waals surface area contributed by atoms with Gasteiger partial charge < -0.3 is 9.47 Å². The number of halogens is 1. The van der Waals surface area contributed by atoms with E-state index in [1.54, 1.807) is 11.6 Å². The topological polar surface area (TPSA) is 82.1 Å². The van der Waals surface area contributed by atoms with Gasteiger partial charge in [0.15, 0.2) is 11.2 Å². The second-order valence-corrected chi connectivity index (χ2v) is 11.4. The minimum Gasteiger partial charge on any atom is -0.331 e. The van der Waals surface area contributed by atoms with E-state index in [4.69, 9.17) is 11.6 Å². The smallest absolute Gasteiger partial charge is 0.331 e.